The Balaban J connectivity index is 2.03. The number of carboxylic acids is 1. The van der Waals surface area contributed by atoms with E-state index in [0.717, 1.165) is 23.3 Å². The van der Waals surface area contributed by atoms with Crippen LogP contribution in [-0.2, 0) is 9.59 Å². The predicted molar refractivity (Wildman–Crippen MR) is 70.5 cm³/mol. The molecule has 0 bridgehead atoms. The second-order valence-electron chi connectivity index (χ2n) is 4.39. The Bertz CT molecular complexity index is 488. The third-order valence-electron chi connectivity index (χ3n) is 2.86. The molecule has 1 N–H and O–H groups in total. The van der Waals surface area contributed by atoms with Gasteiger partial charge in [-0.25, -0.2) is 0 Å². The van der Waals surface area contributed by atoms with Gasteiger partial charge < -0.3 is 10.0 Å². The molecule has 1 aromatic heterocycles. The van der Waals surface area contributed by atoms with Crippen molar-refractivity contribution >= 4 is 29.3 Å². The second-order valence-corrected chi connectivity index (χ2v) is 5.34. The Labute approximate surface area is 110 Å². The molecule has 1 fully saturated rings. The van der Waals surface area contributed by atoms with Crippen LogP contribution in [0.15, 0.2) is 17.5 Å². The van der Waals surface area contributed by atoms with Crippen LogP contribution in [0.5, 0.6) is 0 Å². The van der Waals surface area contributed by atoms with Crippen LogP contribution in [0.4, 0.5) is 0 Å². The molecule has 4 nitrogen and oxygen atoms in total. The lowest BCUT2D eigenvalue weighted by Gasteiger charge is -2.17. The molecule has 1 amide bonds. The number of carbonyl (C=O) groups is 2. The Kier molecular flexibility index (Phi) is 3.81. The van der Waals surface area contributed by atoms with Gasteiger partial charge in [0.15, 0.2) is 0 Å². The summed E-state index contributed by atoms with van der Waals surface area (Å²) in [6.07, 6.45) is 5.05. The standard InChI is InChI=1S/C13H15NO3S/c1-9-6-7-18-11(9)4-5-12(15)14(8-13(16)17)10-2-3-10/h4-7,10H,2-3,8H2,1H3,(H,16,17). The Morgan fingerprint density at radius 2 is 2.28 bits per heavy atom. The van der Waals surface area contributed by atoms with Gasteiger partial charge in [0.05, 0.1) is 0 Å². The van der Waals surface area contributed by atoms with Gasteiger partial charge in [-0.05, 0) is 42.9 Å². The minimum atomic E-state index is -0.962. The fourth-order valence-corrected chi connectivity index (χ4v) is 2.54. The Morgan fingerprint density at radius 1 is 1.56 bits per heavy atom. The van der Waals surface area contributed by atoms with Gasteiger partial charge in [-0.15, -0.1) is 11.3 Å². The summed E-state index contributed by atoms with van der Waals surface area (Å²) in [6, 6.07) is 2.10. The number of amides is 1. The molecule has 96 valence electrons. The zero-order valence-electron chi connectivity index (χ0n) is 10.1. The van der Waals surface area contributed by atoms with E-state index in [-0.39, 0.29) is 18.5 Å². The molecule has 5 heteroatoms. The van der Waals surface area contributed by atoms with Crippen molar-refractivity contribution in [3.8, 4) is 0 Å². The summed E-state index contributed by atoms with van der Waals surface area (Å²) >= 11 is 1.57. The van der Waals surface area contributed by atoms with Gasteiger partial charge in [-0.2, -0.15) is 0 Å². The molecule has 18 heavy (non-hydrogen) atoms. The number of carbonyl (C=O) groups excluding carboxylic acids is 1. The van der Waals surface area contributed by atoms with Crippen molar-refractivity contribution in [1.29, 1.82) is 0 Å². The second kappa shape index (κ2) is 5.35. The van der Waals surface area contributed by atoms with Crippen LogP contribution in [0, 0.1) is 6.92 Å². The van der Waals surface area contributed by atoms with E-state index < -0.39 is 5.97 Å². The maximum atomic E-state index is 11.9. The molecular formula is C13H15NO3S. The van der Waals surface area contributed by atoms with Crippen molar-refractivity contribution in [3.63, 3.8) is 0 Å². The highest BCUT2D eigenvalue weighted by Crippen LogP contribution is 2.27. The molecule has 1 aromatic rings. The van der Waals surface area contributed by atoms with Crippen molar-refractivity contribution in [2.75, 3.05) is 6.54 Å². The molecule has 0 aromatic carbocycles. The molecule has 2 rings (SSSR count). The first kappa shape index (κ1) is 12.8. The highest BCUT2D eigenvalue weighted by atomic mass is 32.1. The predicted octanol–water partition coefficient (Wildman–Crippen LogP) is 2.15. The molecule has 0 atom stereocenters. The molecule has 0 radical (unpaired) electrons. The van der Waals surface area contributed by atoms with E-state index in [4.69, 9.17) is 5.11 Å². The molecule has 0 aliphatic heterocycles. The van der Waals surface area contributed by atoms with Crippen LogP contribution in [0.2, 0.25) is 0 Å². The van der Waals surface area contributed by atoms with Crippen molar-refractivity contribution in [1.82, 2.24) is 4.90 Å². The number of aryl methyl sites for hydroxylation is 1. The zero-order chi connectivity index (χ0) is 13.1. The lowest BCUT2D eigenvalue weighted by molar-refractivity contribution is -0.143. The molecular weight excluding hydrogens is 250 g/mol. The van der Waals surface area contributed by atoms with Gasteiger partial charge in [-0.3, -0.25) is 9.59 Å². The number of carboxylic acid groups (broad SMARTS) is 1. The van der Waals surface area contributed by atoms with Crippen molar-refractivity contribution in [3.05, 3.63) is 28.0 Å². The largest absolute Gasteiger partial charge is 0.480 e. The minimum Gasteiger partial charge on any atom is -0.480 e. The van der Waals surface area contributed by atoms with Crippen LogP contribution in [-0.4, -0.2) is 34.5 Å². The van der Waals surface area contributed by atoms with Gasteiger partial charge in [0, 0.05) is 17.0 Å². The topological polar surface area (TPSA) is 57.6 Å². The van der Waals surface area contributed by atoms with E-state index in [1.807, 2.05) is 18.4 Å². The molecule has 1 aliphatic rings. The van der Waals surface area contributed by atoms with E-state index in [1.54, 1.807) is 17.4 Å². The zero-order valence-corrected chi connectivity index (χ0v) is 10.9. The number of hydrogen-bond acceptors (Lipinski definition) is 3. The normalized spacial score (nSPS) is 14.9. The lowest BCUT2D eigenvalue weighted by atomic mass is 10.2. The summed E-state index contributed by atoms with van der Waals surface area (Å²) in [5.41, 5.74) is 1.13. The highest BCUT2D eigenvalue weighted by Gasteiger charge is 2.32. The van der Waals surface area contributed by atoms with Gasteiger partial charge in [0.25, 0.3) is 0 Å². The average molecular weight is 265 g/mol. The Hall–Kier alpha value is -1.62. The fourth-order valence-electron chi connectivity index (χ4n) is 1.72. The molecule has 1 heterocycles. The average Bonchev–Trinajstić information content (AvgIpc) is 3.07. The SMILES string of the molecule is Cc1ccsc1C=CC(=O)N(CC(=O)O)C1CC1. The van der Waals surface area contributed by atoms with Crippen molar-refractivity contribution < 1.29 is 14.7 Å². The molecule has 0 unspecified atom stereocenters. The summed E-state index contributed by atoms with van der Waals surface area (Å²) in [5, 5.41) is 10.8. The van der Waals surface area contributed by atoms with Crippen LogP contribution < -0.4 is 0 Å². The number of thiophene rings is 1. The Morgan fingerprint density at radius 3 is 2.78 bits per heavy atom. The number of rotatable bonds is 5. The van der Waals surface area contributed by atoms with E-state index in [0.29, 0.717) is 0 Å². The molecule has 1 saturated carbocycles. The van der Waals surface area contributed by atoms with Crippen LogP contribution in [0.3, 0.4) is 0 Å². The van der Waals surface area contributed by atoms with Gasteiger partial charge in [0.1, 0.15) is 6.54 Å². The lowest BCUT2D eigenvalue weighted by Crippen LogP contribution is -2.36. The summed E-state index contributed by atoms with van der Waals surface area (Å²) in [6.45, 7) is 1.77. The monoisotopic (exact) mass is 265 g/mol. The van der Waals surface area contributed by atoms with Crippen LogP contribution >= 0.6 is 11.3 Å². The van der Waals surface area contributed by atoms with E-state index in [1.165, 1.54) is 11.0 Å². The number of nitrogens with zero attached hydrogens (tertiary/aromatic N) is 1. The van der Waals surface area contributed by atoms with Crippen molar-refractivity contribution in [2.24, 2.45) is 0 Å². The third-order valence-corrected chi connectivity index (χ3v) is 3.84. The van der Waals surface area contributed by atoms with Gasteiger partial charge in [-0.1, -0.05) is 0 Å². The molecule has 1 aliphatic carbocycles. The van der Waals surface area contributed by atoms with Gasteiger partial charge in [0.2, 0.25) is 5.91 Å². The first-order valence-electron chi connectivity index (χ1n) is 5.82. The quantitative estimate of drug-likeness (QED) is 0.830. The summed E-state index contributed by atoms with van der Waals surface area (Å²) in [7, 11) is 0. The fraction of sp³-hybridized carbons (Fsp3) is 0.385. The van der Waals surface area contributed by atoms with Crippen LogP contribution in [0.25, 0.3) is 6.08 Å². The van der Waals surface area contributed by atoms with Crippen LogP contribution in [0.1, 0.15) is 23.3 Å². The van der Waals surface area contributed by atoms with Gasteiger partial charge >= 0.3 is 5.97 Å². The smallest absolute Gasteiger partial charge is 0.323 e. The molecule has 0 spiro atoms. The van der Waals surface area contributed by atoms with E-state index in [9.17, 15) is 9.59 Å². The summed E-state index contributed by atoms with van der Waals surface area (Å²) in [4.78, 5) is 25.1. The summed E-state index contributed by atoms with van der Waals surface area (Å²) < 4.78 is 0. The van der Waals surface area contributed by atoms with Crippen molar-refractivity contribution in [2.45, 2.75) is 25.8 Å². The minimum absolute atomic E-state index is 0.114. The number of hydrogen-bond donors (Lipinski definition) is 1. The summed E-state index contributed by atoms with van der Waals surface area (Å²) in [5.74, 6) is -1.18. The maximum absolute atomic E-state index is 11.9. The third kappa shape index (κ3) is 3.20. The first-order valence-corrected chi connectivity index (χ1v) is 6.70. The number of aliphatic carboxylic acids is 1. The van der Waals surface area contributed by atoms with E-state index >= 15 is 0 Å². The maximum Gasteiger partial charge on any atom is 0.323 e. The highest BCUT2D eigenvalue weighted by molar-refractivity contribution is 7.11. The first-order chi connectivity index (χ1) is 8.58. The molecule has 0 saturated heterocycles. The van der Waals surface area contributed by atoms with E-state index in [2.05, 4.69) is 0 Å².